The second-order valence-electron chi connectivity index (χ2n) is 14.1. The Morgan fingerprint density at radius 1 is 0.569 bits per heavy atom. The van der Waals surface area contributed by atoms with Crippen LogP contribution in [0.5, 0.6) is 0 Å². The lowest BCUT2D eigenvalue weighted by Crippen LogP contribution is -2.56. The molecule has 3 fully saturated rings. The lowest BCUT2D eigenvalue weighted by atomic mass is 10.1. The number of ether oxygens (including phenoxy) is 1. The molecule has 3 aliphatic rings. The van der Waals surface area contributed by atoms with Crippen LogP contribution in [-0.2, 0) is 4.74 Å². The predicted octanol–water partition coefficient (Wildman–Crippen LogP) is 6.83. The van der Waals surface area contributed by atoms with Crippen molar-refractivity contribution in [1.29, 1.82) is 0 Å². The van der Waals surface area contributed by atoms with Gasteiger partial charge in [0.25, 0.3) is 12.9 Å². The Morgan fingerprint density at radius 3 is 1.47 bits per heavy atom. The van der Waals surface area contributed by atoms with Crippen molar-refractivity contribution in [1.82, 2.24) is 39.7 Å². The van der Waals surface area contributed by atoms with Gasteiger partial charge in [0, 0.05) is 86.2 Å². The molecule has 2 aromatic heterocycles. The lowest BCUT2D eigenvalue weighted by Gasteiger charge is -2.43. The standard InChI is InChI=1S/C22H24F2N6O.C19H20F2N6/c23-21(24)16-10-17(26-22-25-15-30(27-22)18-4-2-1-3-5-18)12-19(11-16)28-6-8-29(9-7-28)20-13-31-14-20;20-18(21)14-10-15(12-17(11-14)26-8-6-22-7-9-26)24-19-23-13-27(25-19)16-4-2-1-3-5-16/h1-5,10-12,15,20-21H,6-9,13-14H2,(H,26,27);1-5,10-13,18,22H,6-9H2,(H,24,25). The van der Waals surface area contributed by atoms with Crippen LogP contribution < -0.4 is 25.8 Å². The summed E-state index contributed by atoms with van der Waals surface area (Å²) in [5, 5.41) is 18.2. The van der Waals surface area contributed by atoms with Crippen molar-refractivity contribution in [3.8, 4) is 11.4 Å². The average molecular weight is 797 g/mol. The maximum absolute atomic E-state index is 13.6. The van der Waals surface area contributed by atoms with Crippen LogP contribution in [0.2, 0.25) is 0 Å². The first-order valence-corrected chi connectivity index (χ1v) is 19.2. The summed E-state index contributed by atoms with van der Waals surface area (Å²) in [6.45, 7) is 8.22. The molecule has 0 spiro atoms. The highest BCUT2D eigenvalue weighted by Crippen LogP contribution is 2.32. The van der Waals surface area contributed by atoms with E-state index in [2.05, 4.69) is 50.8 Å². The van der Waals surface area contributed by atoms with E-state index < -0.39 is 12.9 Å². The Balaban J connectivity index is 0.000000164. The van der Waals surface area contributed by atoms with Crippen LogP contribution in [0.3, 0.4) is 0 Å². The van der Waals surface area contributed by atoms with Crippen LogP contribution >= 0.6 is 0 Å². The molecule has 3 N–H and O–H groups in total. The van der Waals surface area contributed by atoms with Gasteiger partial charge in [-0.25, -0.2) is 26.9 Å². The van der Waals surface area contributed by atoms with Gasteiger partial charge in [0.1, 0.15) is 12.7 Å². The molecule has 17 heteroatoms. The van der Waals surface area contributed by atoms with Gasteiger partial charge in [-0.2, -0.15) is 9.97 Å². The molecule has 3 aliphatic heterocycles. The Bertz CT molecular complexity index is 2220. The molecule has 58 heavy (non-hydrogen) atoms. The molecule has 13 nitrogen and oxygen atoms in total. The first kappa shape index (κ1) is 38.8. The van der Waals surface area contributed by atoms with Gasteiger partial charge in [-0.1, -0.05) is 36.4 Å². The fourth-order valence-corrected chi connectivity index (χ4v) is 7.04. The summed E-state index contributed by atoms with van der Waals surface area (Å²) in [6.07, 6.45) is -1.91. The Kier molecular flexibility index (Phi) is 12.1. The molecule has 302 valence electrons. The van der Waals surface area contributed by atoms with Crippen LogP contribution in [0, 0.1) is 0 Å². The first-order chi connectivity index (χ1) is 28.3. The van der Waals surface area contributed by atoms with Crippen molar-refractivity contribution in [2.45, 2.75) is 18.9 Å². The number of halogens is 4. The van der Waals surface area contributed by atoms with Crippen LogP contribution in [-0.4, -0.2) is 106 Å². The van der Waals surface area contributed by atoms with E-state index in [1.165, 1.54) is 12.1 Å². The number of nitrogens with one attached hydrogen (secondary N) is 3. The highest BCUT2D eigenvalue weighted by atomic mass is 19.3. The molecule has 0 amide bonds. The SMILES string of the molecule is FC(F)c1cc(Nc2ncn(-c3ccccc3)n2)cc(N2CCN(C3COC3)CC2)c1.FC(F)c1cc(Nc2ncn(-c3ccccc3)n2)cc(N2CCNCC2)c1. The second-order valence-corrected chi connectivity index (χ2v) is 14.1. The van der Waals surface area contributed by atoms with E-state index in [1.807, 2.05) is 72.8 Å². The van der Waals surface area contributed by atoms with E-state index in [4.69, 9.17) is 4.74 Å². The van der Waals surface area contributed by atoms with Gasteiger partial charge >= 0.3 is 0 Å². The largest absolute Gasteiger partial charge is 0.378 e. The van der Waals surface area contributed by atoms with Crippen LogP contribution in [0.4, 0.5) is 52.2 Å². The van der Waals surface area contributed by atoms with E-state index in [1.54, 1.807) is 34.2 Å². The molecular formula is C41H44F4N12O. The molecule has 5 heterocycles. The predicted molar refractivity (Wildman–Crippen MR) is 216 cm³/mol. The Labute approximate surface area is 333 Å². The van der Waals surface area contributed by atoms with E-state index >= 15 is 0 Å². The smallest absolute Gasteiger partial charge is 0.263 e. The molecule has 6 aromatic rings. The fraction of sp³-hybridized carbons (Fsp3) is 0.317. The zero-order chi connectivity index (χ0) is 39.8. The number of para-hydroxylation sites is 2. The number of piperazine rings is 2. The number of hydrogen-bond acceptors (Lipinski definition) is 11. The van der Waals surface area contributed by atoms with Crippen molar-refractivity contribution in [2.75, 3.05) is 86.0 Å². The minimum Gasteiger partial charge on any atom is -0.378 e. The maximum Gasteiger partial charge on any atom is 0.263 e. The fourth-order valence-electron chi connectivity index (χ4n) is 7.04. The molecule has 0 saturated carbocycles. The number of alkyl halides is 4. The van der Waals surface area contributed by atoms with Gasteiger partial charge in [-0.3, -0.25) is 4.90 Å². The topological polar surface area (TPSA) is 116 Å². The number of aromatic nitrogens is 6. The summed E-state index contributed by atoms with van der Waals surface area (Å²) >= 11 is 0. The number of hydrogen-bond donors (Lipinski definition) is 3. The zero-order valence-electron chi connectivity index (χ0n) is 31.6. The molecule has 3 saturated heterocycles. The average Bonchev–Trinajstić information content (AvgIpc) is 3.92. The van der Waals surface area contributed by atoms with Gasteiger partial charge < -0.3 is 30.5 Å². The molecule has 0 atom stereocenters. The zero-order valence-corrected chi connectivity index (χ0v) is 31.6. The number of anilines is 6. The summed E-state index contributed by atoms with van der Waals surface area (Å²) < 4.78 is 62.4. The van der Waals surface area contributed by atoms with Gasteiger partial charge in [0.05, 0.1) is 30.6 Å². The third kappa shape index (κ3) is 9.55. The van der Waals surface area contributed by atoms with Crippen LogP contribution in [0.15, 0.2) is 110 Å². The highest BCUT2D eigenvalue weighted by Gasteiger charge is 2.29. The first-order valence-electron chi connectivity index (χ1n) is 19.2. The maximum atomic E-state index is 13.6. The third-order valence-electron chi connectivity index (χ3n) is 10.2. The number of benzene rings is 4. The summed E-state index contributed by atoms with van der Waals surface area (Å²) in [6, 6.07) is 29.5. The summed E-state index contributed by atoms with van der Waals surface area (Å²) in [5.74, 6) is 0.715. The van der Waals surface area contributed by atoms with E-state index in [9.17, 15) is 17.6 Å². The second kappa shape index (κ2) is 18.0. The molecule has 0 bridgehead atoms. The molecule has 0 unspecified atom stereocenters. The Hall–Kier alpha value is -6.04. The lowest BCUT2D eigenvalue weighted by molar-refractivity contribution is -0.0660. The van der Waals surface area contributed by atoms with E-state index in [-0.39, 0.29) is 11.1 Å². The van der Waals surface area contributed by atoms with Crippen molar-refractivity contribution in [3.05, 3.63) is 121 Å². The summed E-state index contributed by atoms with van der Waals surface area (Å²) in [5.41, 5.74) is 4.38. The monoisotopic (exact) mass is 796 g/mol. The molecular weight excluding hydrogens is 753 g/mol. The molecule has 0 radical (unpaired) electrons. The summed E-state index contributed by atoms with van der Waals surface area (Å²) in [4.78, 5) is 15.2. The van der Waals surface area contributed by atoms with E-state index in [0.29, 0.717) is 29.3 Å². The van der Waals surface area contributed by atoms with Crippen molar-refractivity contribution < 1.29 is 22.3 Å². The summed E-state index contributed by atoms with van der Waals surface area (Å²) in [7, 11) is 0. The van der Waals surface area contributed by atoms with E-state index in [0.717, 1.165) is 88.3 Å². The van der Waals surface area contributed by atoms with Crippen LogP contribution in [0.25, 0.3) is 11.4 Å². The molecule has 0 aliphatic carbocycles. The molecule has 4 aromatic carbocycles. The molecule has 9 rings (SSSR count). The van der Waals surface area contributed by atoms with Gasteiger partial charge in [-0.15, -0.1) is 10.2 Å². The van der Waals surface area contributed by atoms with Crippen LogP contribution in [0.1, 0.15) is 24.0 Å². The van der Waals surface area contributed by atoms with Crippen molar-refractivity contribution in [2.24, 2.45) is 0 Å². The minimum absolute atomic E-state index is 0.0164. The van der Waals surface area contributed by atoms with Crippen molar-refractivity contribution >= 4 is 34.6 Å². The van der Waals surface area contributed by atoms with Gasteiger partial charge in [0.2, 0.25) is 11.9 Å². The third-order valence-corrected chi connectivity index (χ3v) is 10.2. The Morgan fingerprint density at radius 2 is 1.03 bits per heavy atom. The number of nitrogens with zero attached hydrogens (tertiary/aromatic N) is 9. The minimum atomic E-state index is -2.55. The normalized spacial score (nSPS) is 16.2. The highest BCUT2D eigenvalue weighted by molar-refractivity contribution is 5.65. The van der Waals surface area contributed by atoms with Crippen molar-refractivity contribution in [3.63, 3.8) is 0 Å². The number of rotatable bonds is 11. The van der Waals surface area contributed by atoms with Gasteiger partial charge in [-0.05, 0) is 60.7 Å². The quantitative estimate of drug-likeness (QED) is 0.120. The van der Waals surface area contributed by atoms with Gasteiger partial charge in [0.15, 0.2) is 0 Å².